The molecule has 0 spiro atoms. The average molecular weight is 279 g/mol. The van der Waals surface area contributed by atoms with Crippen LogP contribution >= 0.6 is 0 Å². The summed E-state index contributed by atoms with van der Waals surface area (Å²) in [5.74, 6) is -2.40. The van der Waals surface area contributed by atoms with E-state index < -0.39 is 11.9 Å². The number of rotatable bonds is 8. The van der Waals surface area contributed by atoms with Gasteiger partial charge in [0, 0.05) is 6.20 Å². The minimum Gasteiger partial charge on any atom is -0.478 e. The molecule has 0 aromatic carbocycles. The number of pyridine rings is 1. The van der Waals surface area contributed by atoms with Crippen molar-refractivity contribution in [2.75, 3.05) is 0 Å². The highest BCUT2D eigenvalue weighted by molar-refractivity contribution is 6.03. The lowest BCUT2D eigenvalue weighted by Crippen LogP contribution is -2.16. The molecule has 0 aliphatic rings. The van der Waals surface area contributed by atoms with Gasteiger partial charge in [0.25, 0.3) is 0 Å². The Labute approximate surface area is 118 Å². The molecule has 0 saturated heterocycles. The largest absolute Gasteiger partial charge is 0.478 e. The second-order valence-corrected chi connectivity index (χ2v) is 4.80. The van der Waals surface area contributed by atoms with Gasteiger partial charge in [-0.2, -0.15) is 0 Å². The van der Waals surface area contributed by atoms with Crippen LogP contribution in [0.3, 0.4) is 0 Å². The Balaban J connectivity index is 3.33. The predicted octanol–water partition coefficient (Wildman–Crippen LogP) is 3.16. The fourth-order valence-electron chi connectivity index (χ4n) is 2.15. The molecule has 0 fully saturated rings. The Morgan fingerprint density at radius 3 is 2.05 bits per heavy atom. The van der Waals surface area contributed by atoms with Crippen LogP contribution in [0, 0.1) is 0 Å². The number of carbonyl (C=O) groups is 2. The molecule has 0 bridgehead atoms. The van der Waals surface area contributed by atoms with Crippen molar-refractivity contribution >= 4 is 11.9 Å². The van der Waals surface area contributed by atoms with Crippen LogP contribution in [0.4, 0.5) is 0 Å². The van der Waals surface area contributed by atoms with E-state index in [0.717, 1.165) is 25.7 Å². The smallest absolute Gasteiger partial charge is 0.338 e. The van der Waals surface area contributed by atoms with Crippen molar-refractivity contribution in [1.29, 1.82) is 0 Å². The zero-order chi connectivity index (χ0) is 15.1. The first-order valence-corrected chi connectivity index (χ1v) is 7.00. The molecule has 2 N–H and O–H groups in total. The van der Waals surface area contributed by atoms with E-state index in [2.05, 4.69) is 4.98 Å². The molecule has 1 aromatic rings. The summed E-state index contributed by atoms with van der Waals surface area (Å²) in [6.07, 6.45) is 5.98. The molecule has 110 valence electrons. The van der Waals surface area contributed by atoms with Gasteiger partial charge in [-0.05, 0) is 31.2 Å². The van der Waals surface area contributed by atoms with Crippen molar-refractivity contribution < 1.29 is 19.8 Å². The van der Waals surface area contributed by atoms with Crippen LogP contribution in [0.2, 0.25) is 0 Å². The molecule has 1 heterocycles. The highest BCUT2D eigenvalue weighted by Gasteiger charge is 2.24. The number of hydrogen-bond acceptors (Lipinski definition) is 3. The average Bonchev–Trinajstić information content (AvgIpc) is 2.41. The van der Waals surface area contributed by atoms with Gasteiger partial charge in [0.1, 0.15) is 0 Å². The molecule has 0 atom stereocenters. The first-order valence-electron chi connectivity index (χ1n) is 7.00. The molecule has 5 nitrogen and oxygen atoms in total. The van der Waals surface area contributed by atoms with E-state index in [1.807, 2.05) is 13.8 Å². The van der Waals surface area contributed by atoms with Crippen LogP contribution in [0.25, 0.3) is 0 Å². The van der Waals surface area contributed by atoms with E-state index in [1.165, 1.54) is 6.20 Å². The fourth-order valence-corrected chi connectivity index (χ4v) is 2.15. The van der Waals surface area contributed by atoms with Gasteiger partial charge in [0.05, 0.1) is 16.8 Å². The quantitative estimate of drug-likeness (QED) is 0.763. The molecule has 0 aliphatic carbocycles. The van der Waals surface area contributed by atoms with Crippen LogP contribution in [-0.4, -0.2) is 27.1 Å². The van der Waals surface area contributed by atoms with Crippen molar-refractivity contribution in [2.24, 2.45) is 0 Å². The lowest BCUT2D eigenvalue weighted by molar-refractivity contribution is 0.0648. The number of aromatic carboxylic acids is 2. The Bertz CT molecular complexity index is 452. The molecular formula is C15H21NO4. The Hall–Kier alpha value is -1.91. The van der Waals surface area contributed by atoms with E-state index in [9.17, 15) is 19.8 Å². The van der Waals surface area contributed by atoms with Crippen molar-refractivity contribution in [3.8, 4) is 0 Å². The molecule has 20 heavy (non-hydrogen) atoms. The lowest BCUT2D eigenvalue weighted by Gasteiger charge is -2.12. The summed E-state index contributed by atoms with van der Waals surface area (Å²) in [6, 6.07) is 0. The molecule has 0 aliphatic heterocycles. The van der Waals surface area contributed by atoms with Gasteiger partial charge in [-0.1, -0.05) is 26.7 Å². The number of carboxylic acid groups (broad SMARTS) is 2. The molecular weight excluding hydrogens is 258 g/mol. The Kier molecular flexibility index (Phi) is 6.15. The van der Waals surface area contributed by atoms with E-state index in [-0.39, 0.29) is 11.1 Å². The van der Waals surface area contributed by atoms with Crippen molar-refractivity contribution in [2.45, 2.75) is 52.4 Å². The van der Waals surface area contributed by atoms with Gasteiger partial charge in [-0.3, -0.25) is 4.98 Å². The standard InChI is InChI=1S/C15H21NO4/c1-3-5-7-10-9-16-11(8-6-4-2)13(15(19)20)12(10)14(17)18/h9H,3-8H2,1-2H3,(H,17,18)(H,19,20). The summed E-state index contributed by atoms with van der Waals surface area (Å²) in [4.78, 5) is 27.1. The number of carboxylic acids is 2. The predicted molar refractivity (Wildman–Crippen MR) is 75.4 cm³/mol. The SMILES string of the molecule is CCCCc1cnc(CCCC)c(C(=O)O)c1C(=O)O. The minimum absolute atomic E-state index is 0.0907. The first kappa shape index (κ1) is 16.1. The summed E-state index contributed by atoms with van der Waals surface area (Å²) in [6.45, 7) is 4.00. The third-order valence-corrected chi connectivity index (χ3v) is 3.23. The van der Waals surface area contributed by atoms with Crippen LogP contribution in [0.15, 0.2) is 6.20 Å². The van der Waals surface area contributed by atoms with E-state index >= 15 is 0 Å². The maximum atomic E-state index is 11.4. The monoisotopic (exact) mass is 279 g/mol. The number of unbranched alkanes of at least 4 members (excludes halogenated alkanes) is 2. The van der Waals surface area contributed by atoms with Gasteiger partial charge in [-0.15, -0.1) is 0 Å². The van der Waals surface area contributed by atoms with Crippen LogP contribution in [0.5, 0.6) is 0 Å². The van der Waals surface area contributed by atoms with Gasteiger partial charge < -0.3 is 10.2 Å². The number of hydrogen-bond donors (Lipinski definition) is 2. The molecule has 0 unspecified atom stereocenters. The lowest BCUT2D eigenvalue weighted by atomic mass is 9.96. The first-order chi connectivity index (χ1) is 9.52. The van der Waals surface area contributed by atoms with Gasteiger partial charge in [0.2, 0.25) is 0 Å². The summed E-state index contributed by atoms with van der Waals surface area (Å²) in [7, 11) is 0. The van der Waals surface area contributed by atoms with Gasteiger partial charge in [-0.25, -0.2) is 9.59 Å². The summed E-state index contributed by atoms with van der Waals surface area (Å²) in [5.41, 5.74) is 0.653. The van der Waals surface area contributed by atoms with Crippen LogP contribution in [0.1, 0.15) is 71.5 Å². The van der Waals surface area contributed by atoms with E-state index in [4.69, 9.17) is 0 Å². The molecule has 1 rings (SSSR count). The van der Waals surface area contributed by atoms with E-state index in [0.29, 0.717) is 24.1 Å². The number of nitrogens with zero attached hydrogens (tertiary/aromatic N) is 1. The fraction of sp³-hybridized carbons (Fsp3) is 0.533. The van der Waals surface area contributed by atoms with Gasteiger partial charge in [0.15, 0.2) is 0 Å². The Morgan fingerprint density at radius 1 is 1.00 bits per heavy atom. The Morgan fingerprint density at radius 2 is 1.55 bits per heavy atom. The van der Waals surface area contributed by atoms with E-state index in [1.54, 1.807) is 0 Å². The normalized spacial score (nSPS) is 10.5. The zero-order valence-corrected chi connectivity index (χ0v) is 12.0. The molecule has 0 radical (unpaired) electrons. The molecule has 5 heteroatoms. The van der Waals surface area contributed by atoms with Crippen molar-refractivity contribution in [1.82, 2.24) is 4.98 Å². The third kappa shape index (κ3) is 3.79. The summed E-state index contributed by atoms with van der Waals surface area (Å²) >= 11 is 0. The number of aryl methyl sites for hydroxylation is 2. The molecule has 0 saturated carbocycles. The van der Waals surface area contributed by atoms with Crippen LogP contribution < -0.4 is 0 Å². The highest BCUT2D eigenvalue weighted by atomic mass is 16.4. The maximum absolute atomic E-state index is 11.4. The maximum Gasteiger partial charge on any atom is 0.338 e. The topological polar surface area (TPSA) is 87.5 Å². The van der Waals surface area contributed by atoms with Gasteiger partial charge >= 0.3 is 11.9 Å². The second-order valence-electron chi connectivity index (χ2n) is 4.80. The molecule has 0 amide bonds. The molecule has 1 aromatic heterocycles. The van der Waals surface area contributed by atoms with Crippen molar-refractivity contribution in [3.05, 3.63) is 28.6 Å². The highest BCUT2D eigenvalue weighted by Crippen LogP contribution is 2.21. The summed E-state index contributed by atoms with van der Waals surface area (Å²) in [5, 5.41) is 18.7. The number of aromatic nitrogens is 1. The zero-order valence-electron chi connectivity index (χ0n) is 12.0. The summed E-state index contributed by atoms with van der Waals surface area (Å²) < 4.78 is 0. The second kappa shape index (κ2) is 7.62. The van der Waals surface area contributed by atoms with Crippen molar-refractivity contribution in [3.63, 3.8) is 0 Å². The third-order valence-electron chi connectivity index (χ3n) is 3.23. The van der Waals surface area contributed by atoms with Crippen LogP contribution in [-0.2, 0) is 12.8 Å². The minimum atomic E-state index is -1.21.